The minimum atomic E-state index is 0.0361. The molecule has 18 heavy (non-hydrogen) atoms. The predicted molar refractivity (Wildman–Crippen MR) is 78.4 cm³/mol. The highest BCUT2D eigenvalue weighted by Crippen LogP contribution is 2.26. The van der Waals surface area contributed by atoms with Crippen molar-refractivity contribution < 1.29 is 4.79 Å². The molecule has 0 unspecified atom stereocenters. The third-order valence-electron chi connectivity index (χ3n) is 2.49. The van der Waals surface area contributed by atoms with Crippen LogP contribution in [0.15, 0.2) is 0 Å². The summed E-state index contributed by atoms with van der Waals surface area (Å²) >= 11 is 3.23. The standard InChI is InChI=1S/C12H19N3OS2/c1-12(2,3)17-7-10(16)15-11-14-8-4-5-13-6-9(8)18-11/h13H,4-7H2,1-3H3,(H,14,15,16). The molecule has 0 atom stereocenters. The van der Waals surface area contributed by atoms with Gasteiger partial charge >= 0.3 is 0 Å². The van der Waals surface area contributed by atoms with Crippen molar-refractivity contribution in [2.75, 3.05) is 17.6 Å². The Morgan fingerprint density at radius 3 is 3.00 bits per heavy atom. The molecule has 1 aliphatic heterocycles. The van der Waals surface area contributed by atoms with Crippen LogP contribution in [0.25, 0.3) is 0 Å². The first-order chi connectivity index (χ1) is 8.44. The number of carbonyl (C=O) groups excluding carboxylic acids is 1. The average molecular weight is 285 g/mol. The molecule has 1 amide bonds. The minimum absolute atomic E-state index is 0.0361. The van der Waals surface area contributed by atoms with Crippen molar-refractivity contribution in [2.45, 2.75) is 38.5 Å². The fourth-order valence-corrected chi connectivity index (χ4v) is 3.25. The van der Waals surface area contributed by atoms with Crippen molar-refractivity contribution >= 4 is 34.1 Å². The Balaban J connectivity index is 1.89. The molecule has 0 bridgehead atoms. The largest absolute Gasteiger partial charge is 0.311 e. The van der Waals surface area contributed by atoms with Gasteiger partial charge in [-0.1, -0.05) is 20.8 Å². The second kappa shape index (κ2) is 5.59. The summed E-state index contributed by atoms with van der Waals surface area (Å²) in [5.41, 5.74) is 1.14. The van der Waals surface area contributed by atoms with Crippen molar-refractivity contribution in [3.8, 4) is 0 Å². The SMILES string of the molecule is CC(C)(C)SCC(=O)Nc1nc2c(s1)CNCC2. The van der Waals surface area contributed by atoms with Gasteiger partial charge in [-0.2, -0.15) is 0 Å². The maximum atomic E-state index is 11.8. The number of hydrogen-bond acceptors (Lipinski definition) is 5. The number of hydrogen-bond donors (Lipinski definition) is 2. The third kappa shape index (κ3) is 3.96. The molecule has 2 heterocycles. The van der Waals surface area contributed by atoms with Gasteiger partial charge in [-0.25, -0.2) is 4.98 Å². The molecule has 100 valence electrons. The molecule has 0 saturated heterocycles. The van der Waals surface area contributed by atoms with Gasteiger partial charge in [-0.3, -0.25) is 4.79 Å². The normalized spacial score (nSPS) is 15.3. The van der Waals surface area contributed by atoms with Crippen LogP contribution in [-0.2, 0) is 17.8 Å². The molecule has 0 radical (unpaired) electrons. The smallest absolute Gasteiger partial charge is 0.236 e. The fraction of sp³-hybridized carbons (Fsp3) is 0.667. The van der Waals surface area contributed by atoms with Gasteiger partial charge in [0.05, 0.1) is 11.4 Å². The lowest BCUT2D eigenvalue weighted by Gasteiger charge is -2.16. The van der Waals surface area contributed by atoms with E-state index in [1.54, 1.807) is 23.1 Å². The molecule has 4 nitrogen and oxygen atoms in total. The van der Waals surface area contributed by atoms with Crippen LogP contribution >= 0.6 is 23.1 Å². The molecular weight excluding hydrogens is 266 g/mol. The summed E-state index contributed by atoms with van der Waals surface area (Å²) in [7, 11) is 0. The highest BCUT2D eigenvalue weighted by molar-refractivity contribution is 8.01. The van der Waals surface area contributed by atoms with Gasteiger partial charge in [0.25, 0.3) is 0 Å². The second-order valence-electron chi connectivity index (χ2n) is 5.26. The van der Waals surface area contributed by atoms with Crippen LogP contribution in [0, 0.1) is 0 Å². The fourth-order valence-electron chi connectivity index (χ4n) is 1.62. The lowest BCUT2D eigenvalue weighted by atomic mass is 10.2. The first-order valence-corrected chi connectivity index (χ1v) is 7.87. The van der Waals surface area contributed by atoms with Crippen LogP contribution < -0.4 is 10.6 Å². The summed E-state index contributed by atoms with van der Waals surface area (Å²) in [5.74, 6) is 0.514. The van der Waals surface area contributed by atoms with E-state index in [2.05, 4.69) is 36.4 Å². The van der Waals surface area contributed by atoms with Crippen LogP contribution in [0.1, 0.15) is 31.3 Å². The van der Waals surface area contributed by atoms with E-state index in [4.69, 9.17) is 0 Å². The molecule has 0 spiro atoms. The molecule has 2 rings (SSSR count). The first-order valence-electron chi connectivity index (χ1n) is 6.07. The number of rotatable bonds is 3. The predicted octanol–water partition coefficient (Wildman–Crippen LogP) is 2.26. The van der Waals surface area contributed by atoms with Crippen molar-refractivity contribution in [1.82, 2.24) is 10.3 Å². The summed E-state index contributed by atoms with van der Waals surface area (Å²) in [6.45, 7) is 8.18. The van der Waals surface area contributed by atoms with Crippen LogP contribution in [0.5, 0.6) is 0 Å². The van der Waals surface area contributed by atoms with E-state index in [0.717, 1.165) is 30.3 Å². The van der Waals surface area contributed by atoms with E-state index >= 15 is 0 Å². The Hall–Kier alpha value is -0.590. The highest BCUT2D eigenvalue weighted by atomic mass is 32.2. The Morgan fingerprint density at radius 2 is 2.33 bits per heavy atom. The summed E-state index contributed by atoms with van der Waals surface area (Å²) in [6.07, 6.45) is 0.957. The number of amides is 1. The van der Waals surface area contributed by atoms with E-state index in [1.165, 1.54) is 4.88 Å². The van der Waals surface area contributed by atoms with E-state index in [-0.39, 0.29) is 10.7 Å². The molecule has 1 aromatic heterocycles. The lowest BCUT2D eigenvalue weighted by Crippen LogP contribution is -2.22. The Morgan fingerprint density at radius 1 is 1.56 bits per heavy atom. The second-order valence-corrected chi connectivity index (χ2v) is 8.15. The summed E-state index contributed by atoms with van der Waals surface area (Å²) in [4.78, 5) is 17.5. The minimum Gasteiger partial charge on any atom is -0.311 e. The van der Waals surface area contributed by atoms with Gasteiger partial charge in [0.1, 0.15) is 0 Å². The first kappa shape index (κ1) is 13.8. The molecule has 0 aliphatic carbocycles. The number of fused-ring (bicyclic) bond motifs is 1. The molecule has 2 N–H and O–H groups in total. The average Bonchev–Trinajstić information content (AvgIpc) is 2.67. The number of nitrogens with zero attached hydrogens (tertiary/aromatic N) is 1. The topological polar surface area (TPSA) is 54.0 Å². The van der Waals surface area contributed by atoms with E-state index in [1.807, 2.05) is 0 Å². The summed E-state index contributed by atoms with van der Waals surface area (Å²) in [6, 6.07) is 0. The van der Waals surface area contributed by atoms with Gasteiger partial charge in [0.2, 0.25) is 5.91 Å². The van der Waals surface area contributed by atoms with Crippen LogP contribution in [0.4, 0.5) is 5.13 Å². The molecule has 6 heteroatoms. The van der Waals surface area contributed by atoms with Crippen molar-refractivity contribution in [3.63, 3.8) is 0 Å². The van der Waals surface area contributed by atoms with Gasteiger partial charge in [0.15, 0.2) is 5.13 Å². The lowest BCUT2D eigenvalue weighted by molar-refractivity contribution is -0.113. The molecule has 1 aromatic rings. The Bertz CT molecular complexity index is 414. The highest BCUT2D eigenvalue weighted by Gasteiger charge is 2.17. The van der Waals surface area contributed by atoms with Gasteiger partial charge in [-0.15, -0.1) is 23.1 Å². The molecule has 0 saturated carbocycles. The monoisotopic (exact) mass is 285 g/mol. The number of aromatic nitrogens is 1. The number of thiazole rings is 1. The zero-order valence-corrected chi connectivity index (χ0v) is 12.6. The molecule has 0 fully saturated rings. The Labute approximate surface area is 116 Å². The summed E-state index contributed by atoms with van der Waals surface area (Å²) < 4.78 is 0.114. The van der Waals surface area contributed by atoms with Crippen LogP contribution in [0.3, 0.4) is 0 Å². The maximum Gasteiger partial charge on any atom is 0.236 e. The number of thioether (sulfide) groups is 1. The molecule has 0 aromatic carbocycles. The maximum absolute atomic E-state index is 11.8. The van der Waals surface area contributed by atoms with Gasteiger partial charge < -0.3 is 10.6 Å². The number of carbonyl (C=O) groups is 1. The van der Waals surface area contributed by atoms with Gasteiger partial charge in [0, 0.05) is 29.1 Å². The number of nitrogens with one attached hydrogen (secondary N) is 2. The van der Waals surface area contributed by atoms with Crippen molar-refractivity contribution in [1.29, 1.82) is 0 Å². The number of anilines is 1. The zero-order chi connectivity index (χ0) is 13.2. The zero-order valence-electron chi connectivity index (χ0n) is 11.0. The van der Waals surface area contributed by atoms with E-state index < -0.39 is 0 Å². The summed E-state index contributed by atoms with van der Waals surface area (Å²) in [5, 5.41) is 6.94. The van der Waals surface area contributed by atoms with Gasteiger partial charge in [-0.05, 0) is 0 Å². The van der Waals surface area contributed by atoms with Crippen LogP contribution in [-0.4, -0.2) is 27.9 Å². The van der Waals surface area contributed by atoms with Crippen LogP contribution in [0.2, 0.25) is 0 Å². The molecular formula is C12H19N3OS2. The molecule has 1 aliphatic rings. The van der Waals surface area contributed by atoms with E-state index in [0.29, 0.717) is 5.75 Å². The van der Waals surface area contributed by atoms with Crippen molar-refractivity contribution in [3.05, 3.63) is 10.6 Å². The van der Waals surface area contributed by atoms with Crippen molar-refractivity contribution in [2.24, 2.45) is 0 Å². The van der Waals surface area contributed by atoms with E-state index in [9.17, 15) is 4.79 Å². The quantitative estimate of drug-likeness (QED) is 0.894. The Kier molecular flexibility index (Phi) is 4.29. The third-order valence-corrected chi connectivity index (χ3v) is 4.77.